The van der Waals surface area contributed by atoms with Gasteiger partial charge in [-0.3, -0.25) is 0 Å². The first-order valence-electron chi connectivity index (χ1n) is 5.86. The van der Waals surface area contributed by atoms with Crippen molar-refractivity contribution < 1.29 is 0 Å². The normalized spacial score (nSPS) is 10.9. The van der Waals surface area contributed by atoms with E-state index in [1.165, 1.54) is 5.56 Å². The van der Waals surface area contributed by atoms with Crippen molar-refractivity contribution in [2.24, 2.45) is 0 Å². The summed E-state index contributed by atoms with van der Waals surface area (Å²) in [5.41, 5.74) is 8.83. The molecular weight excluding hydrogens is 242 g/mol. The summed E-state index contributed by atoms with van der Waals surface area (Å²) >= 11 is 1.67. The van der Waals surface area contributed by atoms with Gasteiger partial charge in [-0.15, -0.1) is 0 Å². The Morgan fingerprint density at radius 3 is 2.89 bits per heavy atom. The zero-order chi connectivity index (χ0) is 12.4. The molecule has 0 amide bonds. The van der Waals surface area contributed by atoms with Crippen molar-refractivity contribution >= 4 is 27.4 Å². The first-order chi connectivity index (χ1) is 8.81. The first kappa shape index (κ1) is 11.2. The predicted octanol–water partition coefficient (Wildman–Crippen LogP) is 3.06. The standard InChI is InChI=1S/C14H13N3S/c15-11-4-1-3-10(9-11)6-7-13-17-12-5-2-8-16-14(12)18-13/h1-5,8-9H,6-7,15H2. The number of nitrogens with zero attached hydrogens (tertiary/aromatic N) is 2. The van der Waals surface area contributed by atoms with E-state index < -0.39 is 0 Å². The molecule has 3 nitrogen and oxygen atoms in total. The minimum atomic E-state index is 0.818. The van der Waals surface area contributed by atoms with Gasteiger partial charge in [-0.25, -0.2) is 9.97 Å². The molecule has 3 rings (SSSR count). The highest BCUT2D eigenvalue weighted by molar-refractivity contribution is 7.18. The number of nitrogen functional groups attached to an aromatic ring is 1. The second-order valence-corrected chi connectivity index (χ2v) is 5.24. The highest BCUT2D eigenvalue weighted by Gasteiger charge is 2.04. The third kappa shape index (κ3) is 2.33. The summed E-state index contributed by atoms with van der Waals surface area (Å²) in [4.78, 5) is 9.90. The van der Waals surface area contributed by atoms with Crippen molar-refractivity contribution in [1.82, 2.24) is 9.97 Å². The summed E-state index contributed by atoms with van der Waals surface area (Å²) in [6.07, 6.45) is 3.71. The lowest BCUT2D eigenvalue weighted by Crippen LogP contribution is -1.92. The van der Waals surface area contributed by atoms with Crippen molar-refractivity contribution in [3.05, 3.63) is 53.2 Å². The average Bonchev–Trinajstić information content (AvgIpc) is 2.79. The maximum absolute atomic E-state index is 5.77. The maximum Gasteiger partial charge on any atom is 0.143 e. The van der Waals surface area contributed by atoms with Crippen molar-refractivity contribution in [2.45, 2.75) is 12.8 Å². The van der Waals surface area contributed by atoms with E-state index in [-0.39, 0.29) is 0 Å². The lowest BCUT2D eigenvalue weighted by molar-refractivity contribution is 0.949. The van der Waals surface area contributed by atoms with Crippen LogP contribution < -0.4 is 5.73 Å². The fourth-order valence-electron chi connectivity index (χ4n) is 1.92. The molecule has 2 heterocycles. The van der Waals surface area contributed by atoms with Gasteiger partial charge in [-0.2, -0.15) is 0 Å². The van der Waals surface area contributed by atoms with Gasteiger partial charge in [0.1, 0.15) is 10.3 Å². The molecule has 0 radical (unpaired) electrons. The van der Waals surface area contributed by atoms with Crippen LogP contribution in [0, 0.1) is 0 Å². The molecular formula is C14H13N3S. The summed E-state index contributed by atoms with van der Waals surface area (Å²) < 4.78 is 0. The Morgan fingerprint density at radius 1 is 1.11 bits per heavy atom. The van der Waals surface area contributed by atoms with Gasteiger partial charge >= 0.3 is 0 Å². The number of hydrogen-bond acceptors (Lipinski definition) is 4. The fourth-order valence-corrected chi connectivity index (χ4v) is 2.82. The van der Waals surface area contributed by atoms with Crippen molar-refractivity contribution in [1.29, 1.82) is 0 Å². The molecule has 0 aliphatic rings. The van der Waals surface area contributed by atoms with Crippen LogP contribution in [0.25, 0.3) is 10.3 Å². The third-order valence-electron chi connectivity index (χ3n) is 2.79. The highest BCUT2D eigenvalue weighted by atomic mass is 32.1. The highest BCUT2D eigenvalue weighted by Crippen LogP contribution is 2.20. The Balaban J connectivity index is 1.76. The number of pyridine rings is 1. The molecule has 0 spiro atoms. The number of benzene rings is 1. The molecule has 0 saturated heterocycles. The van der Waals surface area contributed by atoms with Crippen LogP contribution in [0.5, 0.6) is 0 Å². The monoisotopic (exact) mass is 255 g/mol. The third-order valence-corrected chi connectivity index (χ3v) is 3.83. The maximum atomic E-state index is 5.77. The summed E-state index contributed by atoms with van der Waals surface area (Å²) in [6.45, 7) is 0. The fraction of sp³-hybridized carbons (Fsp3) is 0.143. The quantitative estimate of drug-likeness (QED) is 0.732. The summed E-state index contributed by atoms with van der Waals surface area (Å²) in [5.74, 6) is 0. The number of thiazole rings is 1. The number of hydrogen-bond donors (Lipinski definition) is 1. The number of rotatable bonds is 3. The van der Waals surface area contributed by atoms with Crippen LogP contribution in [0.3, 0.4) is 0 Å². The Bertz CT molecular complexity index is 642. The molecule has 0 saturated carbocycles. The van der Waals surface area contributed by atoms with Crippen LogP contribution in [0.4, 0.5) is 5.69 Å². The van der Waals surface area contributed by atoms with Gasteiger partial charge in [0, 0.05) is 18.3 Å². The smallest absolute Gasteiger partial charge is 0.143 e. The van der Waals surface area contributed by atoms with Gasteiger partial charge < -0.3 is 5.73 Å². The van der Waals surface area contributed by atoms with Crippen LogP contribution >= 0.6 is 11.3 Å². The molecule has 0 fully saturated rings. The van der Waals surface area contributed by atoms with E-state index >= 15 is 0 Å². The number of aryl methyl sites for hydroxylation is 2. The average molecular weight is 255 g/mol. The molecule has 1 aromatic carbocycles. The number of aromatic nitrogens is 2. The van der Waals surface area contributed by atoms with Crippen LogP contribution in [0.1, 0.15) is 10.6 Å². The van der Waals surface area contributed by atoms with E-state index in [9.17, 15) is 0 Å². The van der Waals surface area contributed by atoms with Gasteiger partial charge in [-0.05, 0) is 36.2 Å². The predicted molar refractivity (Wildman–Crippen MR) is 75.7 cm³/mol. The molecule has 0 aliphatic carbocycles. The van der Waals surface area contributed by atoms with E-state index in [1.54, 1.807) is 11.3 Å². The molecule has 3 aromatic rings. The summed E-state index contributed by atoms with van der Waals surface area (Å²) in [6, 6.07) is 11.9. The lowest BCUT2D eigenvalue weighted by Gasteiger charge is -2.00. The Kier molecular flexibility index (Phi) is 2.94. The minimum Gasteiger partial charge on any atom is -0.399 e. The van der Waals surface area contributed by atoms with E-state index in [0.29, 0.717) is 0 Å². The van der Waals surface area contributed by atoms with E-state index in [4.69, 9.17) is 5.73 Å². The number of fused-ring (bicyclic) bond motifs is 1. The largest absolute Gasteiger partial charge is 0.399 e. The van der Waals surface area contributed by atoms with E-state index in [1.807, 2.05) is 36.5 Å². The molecule has 18 heavy (non-hydrogen) atoms. The van der Waals surface area contributed by atoms with Gasteiger partial charge in [0.15, 0.2) is 0 Å². The van der Waals surface area contributed by atoms with Crippen LogP contribution in [0.2, 0.25) is 0 Å². The SMILES string of the molecule is Nc1cccc(CCc2nc3cccnc3s2)c1. The van der Waals surface area contributed by atoms with E-state index in [2.05, 4.69) is 16.0 Å². The zero-order valence-electron chi connectivity index (χ0n) is 9.84. The lowest BCUT2D eigenvalue weighted by atomic mass is 10.1. The Morgan fingerprint density at radius 2 is 2.06 bits per heavy atom. The molecule has 0 bridgehead atoms. The molecule has 2 N–H and O–H groups in total. The van der Waals surface area contributed by atoms with E-state index in [0.717, 1.165) is 33.9 Å². The first-order valence-corrected chi connectivity index (χ1v) is 6.68. The van der Waals surface area contributed by atoms with Gasteiger partial charge in [0.2, 0.25) is 0 Å². The van der Waals surface area contributed by atoms with Gasteiger partial charge in [-0.1, -0.05) is 23.5 Å². The van der Waals surface area contributed by atoms with Crippen LogP contribution in [-0.4, -0.2) is 9.97 Å². The molecule has 90 valence electrons. The van der Waals surface area contributed by atoms with Crippen molar-refractivity contribution in [3.8, 4) is 0 Å². The van der Waals surface area contributed by atoms with Gasteiger partial charge in [0.05, 0.1) is 5.01 Å². The topological polar surface area (TPSA) is 51.8 Å². The summed E-state index contributed by atoms with van der Waals surface area (Å²) in [7, 11) is 0. The molecule has 0 atom stereocenters. The molecule has 0 unspecified atom stereocenters. The van der Waals surface area contributed by atoms with Crippen LogP contribution in [0.15, 0.2) is 42.6 Å². The van der Waals surface area contributed by atoms with Crippen molar-refractivity contribution in [3.63, 3.8) is 0 Å². The van der Waals surface area contributed by atoms with Crippen molar-refractivity contribution in [2.75, 3.05) is 5.73 Å². The number of anilines is 1. The minimum absolute atomic E-state index is 0.818. The Labute approximate surface area is 109 Å². The van der Waals surface area contributed by atoms with Crippen LogP contribution in [-0.2, 0) is 12.8 Å². The molecule has 2 aromatic heterocycles. The van der Waals surface area contributed by atoms with Gasteiger partial charge in [0.25, 0.3) is 0 Å². The summed E-state index contributed by atoms with van der Waals surface area (Å²) in [5, 5.41) is 1.13. The molecule has 0 aliphatic heterocycles. The Hall–Kier alpha value is -1.94. The second kappa shape index (κ2) is 4.74. The molecule has 4 heteroatoms. The second-order valence-electron chi connectivity index (χ2n) is 4.18. The zero-order valence-corrected chi connectivity index (χ0v) is 10.7. The number of nitrogens with two attached hydrogens (primary N) is 1.